The normalized spacial score (nSPS) is 23.6. The lowest BCUT2D eigenvalue weighted by Gasteiger charge is -2.31. The maximum Gasteiger partial charge on any atom is 0.275 e. The van der Waals surface area contributed by atoms with Crippen molar-refractivity contribution in [3.8, 4) is 0 Å². The number of nitrogens with one attached hydrogen (secondary N) is 3. The molecule has 1 aromatic carbocycles. The summed E-state index contributed by atoms with van der Waals surface area (Å²) in [6, 6.07) is 3.10. The highest BCUT2D eigenvalue weighted by molar-refractivity contribution is 5.94. The third-order valence-corrected chi connectivity index (χ3v) is 4.14. The van der Waals surface area contributed by atoms with Crippen molar-refractivity contribution < 1.29 is 23.3 Å². The molecule has 24 heavy (non-hydrogen) atoms. The van der Waals surface area contributed by atoms with E-state index in [0.717, 1.165) is 25.2 Å². The number of carbonyl (C=O) groups is 2. The van der Waals surface area contributed by atoms with Crippen molar-refractivity contribution in [3.05, 3.63) is 29.8 Å². The zero-order valence-electron chi connectivity index (χ0n) is 14.0. The van der Waals surface area contributed by atoms with E-state index in [1.165, 1.54) is 17.4 Å². The van der Waals surface area contributed by atoms with Gasteiger partial charge in [-0.1, -0.05) is 13.8 Å². The molecule has 0 spiro atoms. The standard InChI is InChI=1S/C17H23F2N3O2/c1-11-5-12(2)9-22(8-11)10-17(24)20-7-16(23)21-13-3-4-14(18)15(19)6-13/h3-4,6,11-12H,5,7-10H2,1-2H3,(H,20,24)(H,21,23)/p+1/t11-,12-/m0/s1. The number of amides is 2. The average Bonchev–Trinajstić information content (AvgIpc) is 2.48. The van der Waals surface area contributed by atoms with Crippen molar-refractivity contribution >= 4 is 17.5 Å². The van der Waals surface area contributed by atoms with E-state index in [2.05, 4.69) is 24.5 Å². The summed E-state index contributed by atoms with van der Waals surface area (Å²) in [6.07, 6.45) is 1.18. The molecule has 0 bridgehead atoms. The average molecular weight is 340 g/mol. The maximum atomic E-state index is 13.1. The monoisotopic (exact) mass is 340 g/mol. The first-order valence-corrected chi connectivity index (χ1v) is 8.18. The highest BCUT2D eigenvalue weighted by Gasteiger charge is 2.26. The van der Waals surface area contributed by atoms with Gasteiger partial charge in [0.25, 0.3) is 5.91 Å². The summed E-state index contributed by atoms with van der Waals surface area (Å²) < 4.78 is 25.9. The molecule has 1 heterocycles. The molecule has 0 aromatic heterocycles. The Hall–Kier alpha value is -2.02. The van der Waals surface area contributed by atoms with Gasteiger partial charge in [-0.3, -0.25) is 9.59 Å². The van der Waals surface area contributed by atoms with Crippen LogP contribution >= 0.6 is 0 Å². The largest absolute Gasteiger partial charge is 0.342 e. The number of carbonyl (C=O) groups excluding carboxylic acids is 2. The van der Waals surface area contributed by atoms with E-state index in [1.54, 1.807) is 0 Å². The van der Waals surface area contributed by atoms with E-state index in [4.69, 9.17) is 0 Å². The molecule has 7 heteroatoms. The van der Waals surface area contributed by atoms with Crippen LogP contribution in [0.25, 0.3) is 0 Å². The minimum atomic E-state index is -1.03. The molecule has 1 fully saturated rings. The van der Waals surface area contributed by atoms with Gasteiger partial charge in [-0.25, -0.2) is 8.78 Å². The highest BCUT2D eigenvalue weighted by atomic mass is 19.2. The van der Waals surface area contributed by atoms with Crippen LogP contribution in [0.15, 0.2) is 18.2 Å². The van der Waals surface area contributed by atoms with Crippen molar-refractivity contribution in [3.63, 3.8) is 0 Å². The van der Waals surface area contributed by atoms with Crippen LogP contribution < -0.4 is 15.5 Å². The SMILES string of the molecule is C[C@H]1C[C@H](C)C[NH+](CC(=O)NCC(=O)Nc2ccc(F)c(F)c2)C1. The van der Waals surface area contributed by atoms with Crippen LogP contribution in [0.3, 0.4) is 0 Å². The van der Waals surface area contributed by atoms with Crippen LogP contribution in [0.4, 0.5) is 14.5 Å². The topological polar surface area (TPSA) is 62.6 Å². The van der Waals surface area contributed by atoms with Crippen molar-refractivity contribution in [1.82, 2.24) is 5.32 Å². The molecule has 0 saturated carbocycles. The van der Waals surface area contributed by atoms with Crippen LogP contribution in [0.1, 0.15) is 20.3 Å². The van der Waals surface area contributed by atoms with E-state index in [9.17, 15) is 18.4 Å². The van der Waals surface area contributed by atoms with Crippen molar-refractivity contribution in [2.75, 3.05) is 31.5 Å². The lowest BCUT2D eigenvalue weighted by Crippen LogP contribution is -3.15. The molecular formula is C17H24F2N3O2+. The molecule has 2 amide bonds. The first-order valence-electron chi connectivity index (χ1n) is 8.18. The summed E-state index contributed by atoms with van der Waals surface area (Å²) in [5, 5.41) is 4.98. The lowest BCUT2D eigenvalue weighted by molar-refractivity contribution is -0.904. The lowest BCUT2D eigenvalue weighted by atomic mass is 9.92. The first-order chi connectivity index (χ1) is 11.3. The Morgan fingerprint density at radius 2 is 1.79 bits per heavy atom. The van der Waals surface area contributed by atoms with Crippen molar-refractivity contribution in [1.29, 1.82) is 0 Å². The maximum absolute atomic E-state index is 13.1. The summed E-state index contributed by atoms with van der Waals surface area (Å²) in [7, 11) is 0. The second-order valence-electron chi connectivity index (χ2n) is 6.73. The van der Waals surface area contributed by atoms with E-state index in [-0.39, 0.29) is 18.1 Å². The summed E-state index contributed by atoms with van der Waals surface area (Å²) in [4.78, 5) is 24.9. The Balaban J connectivity index is 1.74. The molecule has 2 rings (SSSR count). The number of quaternary nitrogens is 1. The summed E-state index contributed by atoms with van der Waals surface area (Å²) in [6.45, 7) is 6.42. The third-order valence-electron chi connectivity index (χ3n) is 4.14. The zero-order chi connectivity index (χ0) is 17.7. The van der Waals surface area contributed by atoms with E-state index >= 15 is 0 Å². The molecule has 0 radical (unpaired) electrons. The molecule has 5 nitrogen and oxygen atoms in total. The number of anilines is 1. The summed E-state index contributed by atoms with van der Waals surface area (Å²) in [5.41, 5.74) is 0.150. The Morgan fingerprint density at radius 3 is 2.42 bits per heavy atom. The number of rotatable bonds is 5. The molecule has 1 saturated heterocycles. The molecule has 2 atom stereocenters. The smallest absolute Gasteiger partial charge is 0.275 e. The second kappa shape index (κ2) is 8.19. The molecule has 0 aliphatic carbocycles. The highest BCUT2D eigenvalue weighted by Crippen LogP contribution is 2.13. The number of halogens is 2. The molecule has 3 N–H and O–H groups in total. The first kappa shape index (κ1) is 18.3. The number of piperidine rings is 1. The van der Waals surface area contributed by atoms with Gasteiger partial charge in [-0.05, 0) is 18.6 Å². The quantitative estimate of drug-likeness (QED) is 0.734. The van der Waals surface area contributed by atoms with Gasteiger partial charge < -0.3 is 15.5 Å². The fourth-order valence-corrected chi connectivity index (χ4v) is 3.31. The van der Waals surface area contributed by atoms with Crippen LogP contribution in [0, 0.1) is 23.5 Å². The van der Waals surface area contributed by atoms with Crippen LogP contribution in [-0.2, 0) is 9.59 Å². The predicted octanol–water partition coefficient (Wildman–Crippen LogP) is 0.580. The second-order valence-corrected chi connectivity index (χ2v) is 6.73. The number of hydrogen-bond donors (Lipinski definition) is 3. The van der Waals surface area contributed by atoms with E-state index in [1.807, 2.05) is 0 Å². The fourth-order valence-electron chi connectivity index (χ4n) is 3.31. The number of hydrogen-bond acceptors (Lipinski definition) is 2. The minimum Gasteiger partial charge on any atom is -0.342 e. The Labute approximate surface area is 140 Å². The summed E-state index contributed by atoms with van der Waals surface area (Å²) in [5.74, 6) is -1.50. The Kier molecular flexibility index (Phi) is 6.25. The zero-order valence-corrected chi connectivity index (χ0v) is 14.0. The van der Waals surface area contributed by atoms with Gasteiger partial charge in [-0.15, -0.1) is 0 Å². The van der Waals surface area contributed by atoms with E-state index < -0.39 is 17.5 Å². The molecule has 0 unspecified atom stereocenters. The Bertz CT molecular complexity index is 599. The van der Waals surface area contributed by atoms with Gasteiger partial charge in [0, 0.05) is 23.6 Å². The van der Waals surface area contributed by atoms with Gasteiger partial charge in [0.05, 0.1) is 19.6 Å². The molecule has 132 valence electrons. The molecule has 1 aliphatic rings. The van der Waals surface area contributed by atoms with Crippen LogP contribution in [0.2, 0.25) is 0 Å². The fraction of sp³-hybridized carbons (Fsp3) is 0.529. The number of benzene rings is 1. The van der Waals surface area contributed by atoms with Gasteiger partial charge in [0.15, 0.2) is 18.2 Å². The summed E-state index contributed by atoms with van der Waals surface area (Å²) >= 11 is 0. The van der Waals surface area contributed by atoms with Crippen LogP contribution in [0.5, 0.6) is 0 Å². The van der Waals surface area contributed by atoms with Gasteiger partial charge in [0.1, 0.15) is 0 Å². The third kappa shape index (κ3) is 5.56. The van der Waals surface area contributed by atoms with E-state index in [0.29, 0.717) is 18.4 Å². The number of likely N-dealkylation sites (tertiary alicyclic amines) is 1. The Morgan fingerprint density at radius 1 is 1.12 bits per heavy atom. The van der Waals surface area contributed by atoms with Crippen LogP contribution in [-0.4, -0.2) is 38.0 Å². The van der Waals surface area contributed by atoms with Gasteiger partial charge in [-0.2, -0.15) is 0 Å². The predicted molar refractivity (Wildman–Crippen MR) is 86.5 cm³/mol. The minimum absolute atomic E-state index is 0.150. The molecular weight excluding hydrogens is 316 g/mol. The van der Waals surface area contributed by atoms with Gasteiger partial charge in [0.2, 0.25) is 5.91 Å². The molecule has 1 aliphatic heterocycles. The molecule has 1 aromatic rings. The van der Waals surface area contributed by atoms with Crippen molar-refractivity contribution in [2.24, 2.45) is 11.8 Å². The van der Waals surface area contributed by atoms with Crippen molar-refractivity contribution in [2.45, 2.75) is 20.3 Å². The van der Waals surface area contributed by atoms with Gasteiger partial charge >= 0.3 is 0 Å².